The van der Waals surface area contributed by atoms with Crippen LogP contribution in [0.2, 0.25) is 0 Å². The Hall–Kier alpha value is -2.22. The van der Waals surface area contributed by atoms with Gasteiger partial charge in [0.15, 0.2) is 0 Å². The molecular formula is C14H17N5O2S. The number of carbonyl (C=O) groups excluding carboxylic acids is 1. The first-order chi connectivity index (χ1) is 10.7. The first kappa shape index (κ1) is 14.7. The first-order valence-electron chi connectivity index (χ1n) is 7.18. The van der Waals surface area contributed by atoms with E-state index in [9.17, 15) is 4.79 Å². The van der Waals surface area contributed by atoms with Crippen LogP contribution >= 0.6 is 11.3 Å². The second-order valence-electron chi connectivity index (χ2n) is 5.02. The van der Waals surface area contributed by atoms with Crippen molar-refractivity contribution in [2.45, 2.75) is 32.7 Å². The Morgan fingerprint density at radius 2 is 2.41 bits per heavy atom. The number of hydrogen-bond donors (Lipinski definition) is 1. The van der Waals surface area contributed by atoms with E-state index in [1.807, 2.05) is 24.4 Å². The SMILES string of the molecule is CCCCOC(=O)C1=C(C)Nc2nnnn2[C@@H]1c1cccs1. The van der Waals surface area contributed by atoms with Crippen LogP contribution in [0, 0.1) is 0 Å². The molecule has 0 saturated carbocycles. The smallest absolute Gasteiger partial charge is 0.338 e. The van der Waals surface area contributed by atoms with E-state index in [0.717, 1.165) is 23.4 Å². The zero-order valence-electron chi connectivity index (χ0n) is 12.4. The molecule has 1 aliphatic rings. The number of anilines is 1. The maximum Gasteiger partial charge on any atom is 0.338 e. The summed E-state index contributed by atoms with van der Waals surface area (Å²) in [7, 11) is 0. The van der Waals surface area contributed by atoms with Gasteiger partial charge in [0, 0.05) is 10.6 Å². The van der Waals surface area contributed by atoms with Crippen molar-refractivity contribution in [1.29, 1.82) is 0 Å². The highest BCUT2D eigenvalue weighted by Crippen LogP contribution is 2.36. The molecule has 1 N–H and O–H groups in total. The van der Waals surface area contributed by atoms with Crippen molar-refractivity contribution in [2.24, 2.45) is 0 Å². The molecule has 0 radical (unpaired) electrons. The Morgan fingerprint density at radius 3 is 3.14 bits per heavy atom. The van der Waals surface area contributed by atoms with Crippen LogP contribution in [-0.2, 0) is 9.53 Å². The lowest BCUT2D eigenvalue weighted by Crippen LogP contribution is -2.29. The third-order valence-corrected chi connectivity index (χ3v) is 4.40. The highest BCUT2D eigenvalue weighted by Gasteiger charge is 2.35. The maximum atomic E-state index is 12.5. The number of rotatable bonds is 5. The summed E-state index contributed by atoms with van der Waals surface area (Å²) in [6.07, 6.45) is 1.83. The second kappa shape index (κ2) is 6.27. The van der Waals surface area contributed by atoms with Crippen LogP contribution in [0.5, 0.6) is 0 Å². The summed E-state index contributed by atoms with van der Waals surface area (Å²) in [6, 6.07) is 3.57. The van der Waals surface area contributed by atoms with Crippen molar-refractivity contribution in [1.82, 2.24) is 20.2 Å². The number of ether oxygens (including phenoxy) is 1. The van der Waals surface area contributed by atoms with Crippen LogP contribution in [0.15, 0.2) is 28.8 Å². The molecule has 3 rings (SSSR count). The molecule has 0 aliphatic carbocycles. The molecule has 0 amide bonds. The van der Waals surface area contributed by atoms with Gasteiger partial charge in [0.2, 0.25) is 5.95 Å². The van der Waals surface area contributed by atoms with Gasteiger partial charge in [-0.3, -0.25) is 0 Å². The minimum Gasteiger partial charge on any atom is -0.462 e. The minimum atomic E-state index is -0.347. The number of aromatic nitrogens is 4. The van der Waals surface area contributed by atoms with E-state index < -0.39 is 0 Å². The Kier molecular flexibility index (Phi) is 4.19. The number of fused-ring (bicyclic) bond motifs is 1. The molecule has 8 heteroatoms. The fourth-order valence-electron chi connectivity index (χ4n) is 2.37. The third kappa shape index (κ3) is 2.61. The van der Waals surface area contributed by atoms with E-state index in [2.05, 4.69) is 27.8 Å². The van der Waals surface area contributed by atoms with Crippen molar-refractivity contribution in [2.75, 3.05) is 11.9 Å². The van der Waals surface area contributed by atoms with Crippen LogP contribution in [-0.4, -0.2) is 32.8 Å². The number of unbranched alkanes of at least 4 members (excludes halogenated alkanes) is 1. The van der Waals surface area contributed by atoms with E-state index in [0.29, 0.717) is 18.1 Å². The van der Waals surface area contributed by atoms with Crippen LogP contribution in [0.25, 0.3) is 0 Å². The molecule has 2 aromatic heterocycles. The van der Waals surface area contributed by atoms with Gasteiger partial charge in [0.1, 0.15) is 6.04 Å². The van der Waals surface area contributed by atoms with Crippen LogP contribution in [0.3, 0.4) is 0 Å². The van der Waals surface area contributed by atoms with Gasteiger partial charge in [-0.1, -0.05) is 24.5 Å². The molecule has 1 aliphatic heterocycles. The Bertz CT molecular complexity index is 692. The van der Waals surface area contributed by atoms with Crippen molar-refractivity contribution in [3.63, 3.8) is 0 Å². The van der Waals surface area contributed by atoms with Gasteiger partial charge in [-0.15, -0.1) is 11.3 Å². The molecule has 7 nitrogen and oxygen atoms in total. The summed E-state index contributed by atoms with van der Waals surface area (Å²) >= 11 is 1.56. The summed E-state index contributed by atoms with van der Waals surface area (Å²) in [5.74, 6) is 0.207. The monoisotopic (exact) mass is 319 g/mol. The average molecular weight is 319 g/mol. The highest BCUT2D eigenvalue weighted by atomic mass is 32.1. The largest absolute Gasteiger partial charge is 0.462 e. The normalized spacial score (nSPS) is 17.1. The zero-order chi connectivity index (χ0) is 15.5. The van der Waals surface area contributed by atoms with Gasteiger partial charge in [-0.2, -0.15) is 4.68 Å². The average Bonchev–Trinajstić information content (AvgIpc) is 3.16. The minimum absolute atomic E-state index is 0.321. The molecule has 3 heterocycles. The lowest BCUT2D eigenvalue weighted by molar-refractivity contribution is -0.139. The van der Waals surface area contributed by atoms with E-state index >= 15 is 0 Å². The molecule has 116 valence electrons. The molecule has 0 spiro atoms. The van der Waals surface area contributed by atoms with Crippen LogP contribution in [0.4, 0.5) is 5.95 Å². The summed E-state index contributed by atoms with van der Waals surface area (Å²) in [4.78, 5) is 13.5. The van der Waals surface area contributed by atoms with Crippen LogP contribution < -0.4 is 5.32 Å². The van der Waals surface area contributed by atoms with E-state index in [-0.39, 0.29) is 12.0 Å². The molecule has 0 saturated heterocycles. The van der Waals surface area contributed by atoms with E-state index in [1.54, 1.807) is 16.0 Å². The van der Waals surface area contributed by atoms with Crippen molar-refractivity contribution < 1.29 is 9.53 Å². The number of hydrogen-bond acceptors (Lipinski definition) is 7. The quantitative estimate of drug-likeness (QED) is 0.673. The summed E-state index contributed by atoms with van der Waals surface area (Å²) in [5.41, 5.74) is 1.28. The molecule has 0 bridgehead atoms. The highest BCUT2D eigenvalue weighted by molar-refractivity contribution is 7.10. The number of esters is 1. The number of tetrazole rings is 1. The molecule has 0 unspecified atom stereocenters. The molecule has 2 aromatic rings. The lowest BCUT2D eigenvalue weighted by Gasteiger charge is -2.26. The number of nitrogens with zero attached hydrogens (tertiary/aromatic N) is 4. The van der Waals surface area contributed by atoms with Crippen molar-refractivity contribution in [3.05, 3.63) is 33.7 Å². The maximum absolute atomic E-state index is 12.5. The lowest BCUT2D eigenvalue weighted by atomic mass is 10.0. The van der Waals surface area contributed by atoms with Gasteiger partial charge in [-0.05, 0) is 35.2 Å². The van der Waals surface area contributed by atoms with Gasteiger partial charge >= 0.3 is 5.97 Å². The van der Waals surface area contributed by atoms with Crippen molar-refractivity contribution in [3.8, 4) is 0 Å². The van der Waals surface area contributed by atoms with E-state index in [1.165, 1.54) is 0 Å². The Balaban J connectivity index is 1.96. The number of carbonyl (C=O) groups is 1. The number of allylic oxidation sites excluding steroid dienone is 1. The first-order valence-corrected chi connectivity index (χ1v) is 8.06. The summed E-state index contributed by atoms with van der Waals surface area (Å²) in [5, 5.41) is 16.7. The summed E-state index contributed by atoms with van der Waals surface area (Å²) < 4.78 is 7.02. The second-order valence-corrected chi connectivity index (χ2v) is 6.00. The fraction of sp³-hybridized carbons (Fsp3) is 0.429. The number of nitrogens with one attached hydrogen (secondary N) is 1. The zero-order valence-corrected chi connectivity index (χ0v) is 13.3. The van der Waals surface area contributed by atoms with Gasteiger partial charge in [0.05, 0.1) is 12.2 Å². The van der Waals surface area contributed by atoms with Crippen LogP contribution in [0.1, 0.15) is 37.6 Å². The molecule has 22 heavy (non-hydrogen) atoms. The standard InChI is InChI=1S/C14H17N5O2S/c1-3-4-7-21-13(20)11-9(2)15-14-16-17-18-19(14)12(11)10-6-5-8-22-10/h5-6,8,12H,3-4,7H2,1-2H3,(H,15,16,18)/t12-/m1/s1. The third-order valence-electron chi connectivity index (χ3n) is 3.48. The van der Waals surface area contributed by atoms with Gasteiger partial charge in [0.25, 0.3) is 0 Å². The van der Waals surface area contributed by atoms with E-state index in [4.69, 9.17) is 4.74 Å². The Morgan fingerprint density at radius 1 is 1.55 bits per heavy atom. The summed E-state index contributed by atoms with van der Waals surface area (Å²) in [6.45, 7) is 4.32. The topological polar surface area (TPSA) is 81.9 Å². The molecular weight excluding hydrogens is 302 g/mol. The van der Waals surface area contributed by atoms with Crippen molar-refractivity contribution >= 4 is 23.3 Å². The molecule has 1 atom stereocenters. The predicted octanol–water partition coefficient (Wildman–Crippen LogP) is 2.37. The number of thiophene rings is 1. The fourth-order valence-corrected chi connectivity index (χ4v) is 3.19. The molecule has 0 aromatic carbocycles. The predicted molar refractivity (Wildman–Crippen MR) is 82.5 cm³/mol. The van der Waals surface area contributed by atoms with Gasteiger partial charge < -0.3 is 10.1 Å². The Labute approximate surface area is 132 Å². The molecule has 0 fully saturated rings. The van der Waals surface area contributed by atoms with Gasteiger partial charge in [-0.25, -0.2) is 4.79 Å².